The molecular formula is C25H25ClN4OS2. The molecule has 3 heterocycles. The fourth-order valence-electron chi connectivity index (χ4n) is 3.84. The van der Waals surface area contributed by atoms with Gasteiger partial charge in [-0.25, -0.2) is 9.97 Å². The quantitative estimate of drug-likeness (QED) is 0.295. The highest BCUT2D eigenvalue weighted by Gasteiger charge is 2.16. The van der Waals surface area contributed by atoms with Crippen LogP contribution in [0.3, 0.4) is 0 Å². The van der Waals surface area contributed by atoms with Crippen LogP contribution >= 0.6 is 34.7 Å². The van der Waals surface area contributed by atoms with Gasteiger partial charge in [0.2, 0.25) is 0 Å². The molecule has 0 aliphatic carbocycles. The summed E-state index contributed by atoms with van der Waals surface area (Å²) in [5, 5.41) is 5.41. The minimum atomic E-state index is 0.693. The fourth-order valence-corrected chi connectivity index (χ4v) is 5.77. The third-order valence-corrected chi connectivity index (χ3v) is 8.12. The van der Waals surface area contributed by atoms with Gasteiger partial charge < -0.3 is 15.0 Å². The van der Waals surface area contributed by atoms with Crippen molar-refractivity contribution in [3.8, 4) is 0 Å². The van der Waals surface area contributed by atoms with Crippen molar-refractivity contribution in [3.05, 3.63) is 69.8 Å². The highest BCUT2D eigenvalue weighted by Crippen LogP contribution is 2.36. The number of rotatable bonds is 6. The van der Waals surface area contributed by atoms with Crippen molar-refractivity contribution in [1.82, 2.24) is 9.97 Å². The summed E-state index contributed by atoms with van der Waals surface area (Å²) in [7, 11) is 0. The van der Waals surface area contributed by atoms with Gasteiger partial charge in [-0.15, -0.1) is 23.1 Å². The summed E-state index contributed by atoms with van der Waals surface area (Å²) in [5.41, 5.74) is 3.48. The van der Waals surface area contributed by atoms with Crippen LogP contribution in [0.4, 0.5) is 17.2 Å². The predicted octanol–water partition coefficient (Wildman–Crippen LogP) is 6.83. The number of thioether (sulfide) groups is 1. The van der Waals surface area contributed by atoms with Crippen molar-refractivity contribution >= 4 is 62.1 Å². The predicted molar refractivity (Wildman–Crippen MR) is 141 cm³/mol. The molecule has 2 aromatic heterocycles. The van der Waals surface area contributed by atoms with E-state index in [0.29, 0.717) is 5.75 Å². The molecule has 8 heteroatoms. The number of hydrogen-bond acceptors (Lipinski definition) is 7. The zero-order valence-corrected chi connectivity index (χ0v) is 21.0. The average Bonchev–Trinajstić information content (AvgIpc) is 3.13. The molecule has 5 nitrogen and oxygen atoms in total. The smallest absolute Gasteiger partial charge is 0.143 e. The van der Waals surface area contributed by atoms with Gasteiger partial charge in [0, 0.05) is 39.3 Å². The SMILES string of the molecule is Cc1sc2nc(CSc3ccc(Cl)cc3)nc(Nc3ccc(N4CCOCC4)cc3)c2c1C. The molecule has 0 spiro atoms. The van der Waals surface area contributed by atoms with Crippen LogP contribution in [-0.2, 0) is 10.5 Å². The van der Waals surface area contributed by atoms with Crippen LogP contribution in [0.2, 0.25) is 5.02 Å². The molecule has 170 valence electrons. The van der Waals surface area contributed by atoms with Crippen molar-refractivity contribution < 1.29 is 4.74 Å². The second kappa shape index (κ2) is 9.89. The van der Waals surface area contributed by atoms with Crippen molar-refractivity contribution in [2.24, 2.45) is 0 Å². The van der Waals surface area contributed by atoms with E-state index in [2.05, 4.69) is 48.3 Å². The highest BCUT2D eigenvalue weighted by molar-refractivity contribution is 7.98. The Bertz CT molecular complexity index is 1250. The molecule has 0 bridgehead atoms. The van der Waals surface area contributed by atoms with Gasteiger partial charge in [0.1, 0.15) is 16.5 Å². The van der Waals surface area contributed by atoms with E-state index in [-0.39, 0.29) is 0 Å². The van der Waals surface area contributed by atoms with Gasteiger partial charge in [-0.2, -0.15) is 0 Å². The first kappa shape index (κ1) is 22.5. The molecule has 1 saturated heterocycles. The van der Waals surface area contributed by atoms with Crippen LogP contribution in [0.5, 0.6) is 0 Å². The van der Waals surface area contributed by atoms with Crippen molar-refractivity contribution in [2.45, 2.75) is 24.5 Å². The first-order valence-corrected chi connectivity index (χ1v) is 13.1. The van der Waals surface area contributed by atoms with Gasteiger partial charge >= 0.3 is 0 Å². The number of aromatic nitrogens is 2. The molecule has 0 saturated carbocycles. The Morgan fingerprint density at radius 3 is 2.48 bits per heavy atom. The number of halogens is 1. The molecule has 4 aromatic rings. The number of thiophene rings is 1. The molecule has 1 aliphatic rings. The number of anilines is 3. The molecule has 1 fully saturated rings. The summed E-state index contributed by atoms with van der Waals surface area (Å²) in [6.07, 6.45) is 0. The maximum atomic E-state index is 6.01. The molecule has 0 atom stereocenters. The van der Waals surface area contributed by atoms with Gasteiger partial charge in [-0.05, 0) is 67.9 Å². The van der Waals surface area contributed by atoms with Crippen LogP contribution < -0.4 is 10.2 Å². The van der Waals surface area contributed by atoms with E-state index in [1.54, 1.807) is 23.1 Å². The van der Waals surface area contributed by atoms with Crippen LogP contribution in [-0.4, -0.2) is 36.3 Å². The number of aryl methyl sites for hydroxylation is 2. The normalized spacial score (nSPS) is 14.1. The minimum absolute atomic E-state index is 0.693. The third-order valence-electron chi connectivity index (χ3n) is 5.76. The largest absolute Gasteiger partial charge is 0.378 e. The zero-order valence-electron chi connectivity index (χ0n) is 18.6. The Balaban J connectivity index is 1.40. The lowest BCUT2D eigenvalue weighted by atomic mass is 10.2. The van der Waals surface area contributed by atoms with Crippen molar-refractivity contribution in [1.29, 1.82) is 0 Å². The molecule has 1 aliphatic heterocycles. The molecule has 33 heavy (non-hydrogen) atoms. The number of nitrogens with one attached hydrogen (secondary N) is 1. The maximum absolute atomic E-state index is 6.01. The Hall–Kier alpha value is -2.32. The molecule has 1 N–H and O–H groups in total. The lowest BCUT2D eigenvalue weighted by Crippen LogP contribution is -2.36. The summed E-state index contributed by atoms with van der Waals surface area (Å²) in [4.78, 5) is 15.6. The molecule has 5 rings (SSSR count). The molecular weight excluding hydrogens is 472 g/mol. The summed E-state index contributed by atoms with van der Waals surface area (Å²) < 4.78 is 5.47. The highest BCUT2D eigenvalue weighted by atomic mass is 35.5. The summed E-state index contributed by atoms with van der Waals surface area (Å²) in [6, 6.07) is 16.4. The monoisotopic (exact) mass is 496 g/mol. The summed E-state index contributed by atoms with van der Waals surface area (Å²) >= 11 is 9.45. The van der Waals surface area contributed by atoms with E-state index in [9.17, 15) is 0 Å². The standard InChI is InChI=1S/C25H25ClN4OS2/c1-16-17(2)33-25-23(16)24(28-22(29-25)15-32-21-9-3-18(26)4-10-21)27-19-5-7-20(8-6-19)30-11-13-31-14-12-30/h3-10H,11-15H2,1-2H3,(H,27,28,29). The topological polar surface area (TPSA) is 50.3 Å². The first-order chi connectivity index (χ1) is 16.1. The van der Waals surface area contributed by atoms with E-state index >= 15 is 0 Å². The number of benzene rings is 2. The summed E-state index contributed by atoms with van der Waals surface area (Å²) in [6.45, 7) is 7.72. The fraction of sp³-hybridized carbons (Fsp3) is 0.280. The van der Waals surface area contributed by atoms with E-state index in [1.165, 1.54) is 16.1 Å². The van der Waals surface area contributed by atoms with Crippen LogP contribution in [0, 0.1) is 13.8 Å². The molecule has 0 amide bonds. The van der Waals surface area contributed by atoms with Gasteiger partial charge in [-0.1, -0.05) is 11.6 Å². The maximum Gasteiger partial charge on any atom is 0.143 e. The average molecular weight is 497 g/mol. The zero-order chi connectivity index (χ0) is 22.8. The van der Waals surface area contributed by atoms with Crippen LogP contribution in [0.1, 0.15) is 16.3 Å². The van der Waals surface area contributed by atoms with E-state index in [0.717, 1.165) is 63.8 Å². The molecule has 0 unspecified atom stereocenters. The van der Waals surface area contributed by atoms with Gasteiger partial charge in [0.05, 0.1) is 24.4 Å². The van der Waals surface area contributed by atoms with Crippen LogP contribution in [0.15, 0.2) is 53.4 Å². The Morgan fingerprint density at radius 2 is 1.76 bits per heavy atom. The minimum Gasteiger partial charge on any atom is -0.378 e. The lowest BCUT2D eigenvalue weighted by molar-refractivity contribution is 0.122. The number of fused-ring (bicyclic) bond motifs is 1. The van der Waals surface area contributed by atoms with E-state index in [1.807, 2.05) is 24.3 Å². The Labute approximate surface area is 207 Å². The first-order valence-electron chi connectivity index (χ1n) is 10.9. The molecule has 2 aromatic carbocycles. The second-order valence-electron chi connectivity index (χ2n) is 7.97. The van der Waals surface area contributed by atoms with Crippen molar-refractivity contribution in [3.63, 3.8) is 0 Å². The number of ether oxygens (including phenoxy) is 1. The third kappa shape index (κ3) is 5.11. The van der Waals surface area contributed by atoms with Gasteiger partial charge in [-0.3, -0.25) is 0 Å². The summed E-state index contributed by atoms with van der Waals surface area (Å²) in [5.74, 6) is 2.38. The molecule has 0 radical (unpaired) electrons. The number of nitrogens with zero attached hydrogens (tertiary/aromatic N) is 3. The number of morpholine rings is 1. The van der Waals surface area contributed by atoms with Crippen LogP contribution in [0.25, 0.3) is 10.2 Å². The Morgan fingerprint density at radius 1 is 1.03 bits per heavy atom. The number of hydrogen-bond donors (Lipinski definition) is 1. The van der Waals surface area contributed by atoms with Crippen molar-refractivity contribution in [2.75, 3.05) is 36.5 Å². The Kier molecular flexibility index (Phi) is 6.74. The second-order valence-corrected chi connectivity index (χ2v) is 10.7. The van der Waals surface area contributed by atoms with Gasteiger partial charge in [0.25, 0.3) is 0 Å². The van der Waals surface area contributed by atoms with Gasteiger partial charge in [0.15, 0.2) is 0 Å². The van der Waals surface area contributed by atoms with E-state index < -0.39 is 0 Å². The lowest BCUT2D eigenvalue weighted by Gasteiger charge is -2.28. The van der Waals surface area contributed by atoms with E-state index in [4.69, 9.17) is 26.3 Å².